The van der Waals surface area contributed by atoms with Gasteiger partial charge >= 0.3 is 0 Å². The lowest BCUT2D eigenvalue weighted by Crippen LogP contribution is -2.42. The molecular weight excluding hydrogens is 160 g/mol. The monoisotopic (exact) mass is 180 g/mol. The Hall–Kier alpha value is -0.550. The third kappa shape index (κ3) is 3.78. The van der Waals surface area contributed by atoms with Crippen LogP contribution in [0.3, 0.4) is 0 Å². The molecule has 1 N–H and O–H groups in total. The lowest BCUT2D eigenvalue weighted by molar-refractivity contribution is 0.249. The van der Waals surface area contributed by atoms with E-state index in [-0.39, 0.29) is 0 Å². The molecule has 0 aromatic rings. The maximum absolute atomic E-state index is 8.44. The zero-order valence-electron chi connectivity index (χ0n) is 8.71. The minimum absolute atomic E-state index is 0.663. The van der Waals surface area contributed by atoms with Crippen molar-refractivity contribution in [3.05, 3.63) is 0 Å². The van der Waals surface area contributed by atoms with Gasteiger partial charge in [0.15, 0.2) is 0 Å². The second-order valence-electron chi connectivity index (χ2n) is 4.36. The molecular formula is C11H20N2. The van der Waals surface area contributed by atoms with Crippen molar-refractivity contribution in [2.24, 2.45) is 5.92 Å². The molecule has 2 atom stereocenters. The molecule has 0 aromatic carbocycles. The molecule has 1 fully saturated rings. The van der Waals surface area contributed by atoms with Crippen LogP contribution in [0.25, 0.3) is 0 Å². The van der Waals surface area contributed by atoms with Gasteiger partial charge in [-0.1, -0.05) is 0 Å². The first-order valence-corrected chi connectivity index (χ1v) is 5.35. The molecule has 2 nitrogen and oxygen atoms in total. The van der Waals surface area contributed by atoms with Gasteiger partial charge < -0.3 is 5.32 Å². The predicted molar refractivity (Wildman–Crippen MR) is 54.2 cm³/mol. The number of nitriles is 1. The van der Waals surface area contributed by atoms with Crippen molar-refractivity contribution in [2.75, 3.05) is 0 Å². The third-order valence-corrected chi connectivity index (χ3v) is 2.84. The summed E-state index contributed by atoms with van der Waals surface area (Å²) in [7, 11) is 0. The van der Waals surface area contributed by atoms with Crippen LogP contribution in [0.15, 0.2) is 0 Å². The SMILES string of the molecule is CC1CC(CCCC#N)CC(C)N1. The van der Waals surface area contributed by atoms with Crippen LogP contribution in [-0.2, 0) is 0 Å². The quantitative estimate of drug-likeness (QED) is 0.677. The Balaban J connectivity index is 2.22. The van der Waals surface area contributed by atoms with Crippen molar-refractivity contribution in [1.82, 2.24) is 5.32 Å². The minimum Gasteiger partial charge on any atom is -0.312 e. The Morgan fingerprint density at radius 1 is 1.31 bits per heavy atom. The van der Waals surface area contributed by atoms with E-state index in [4.69, 9.17) is 5.26 Å². The van der Waals surface area contributed by atoms with E-state index in [1.807, 2.05) is 0 Å². The Kier molecular flexibility index (Phi) is 4.24. The highest BCUT2D eigenvalue weighted by atomic mass is 14.9. The van der Waals surface area contributed by atoms with E-state index in [9.17, 15) is 0 Å². The lowest BCUT2D eigenvalue weighted by atomic mass is 9.85. The zero-order chi connectivity index (χ0) is 9.68. The van der Waals surface area contributed by atoms with Crippen LogP contribution >= 0.6 is 0 Å². The van der Waals surface area contributed by atoms with Crippen LogP contribution in [0.1, 0.15) is 46.0 Å². The molecule has 0 radical (unpaired) electrons. The van der Waals surface area contributed by atoms with Gasteiger partial charge in [0.25, 0.3) is 0 Å². The number of nitrogens with one attached hydrogen (secondary N) is 1. The van der Waals surface area contributed by atoms with Crippen LogP contribution in [0.4, 0.5) is 0 Å². The normalized spacial score (nSPS) is 34.1. The first-order chi connectivity index (χ1) is 6.22. The molecule has 0 aromatic heterocycles. The fourth-order valence-electron chi connectivity index (χ4n) is 2.42. The average Bonchev–Trinajstić information content (AvgIpc) is 2.03. The van der Waals surface area contributed by atoms with Gasteiger partial charge in [-0.3, -0.25) is 0 Å². The lowest BCUT2D eigenvalue weighted by Gasteiger charge is -2.32. The van der Waals surface area contributed by atoms with E-state index in [1.54, 1.807) is 0 Å². The zero-order valence-corrected chi connectivity index (χ0v) is 8.71. The summed E-state index contributed by atoms with van der Waals surface area (Å²) >= 11 is 0. The van der Waals surface area contributed by atoms with Gasteiger partial charge in [0.05, 0.1) is 6.07 Å². The minimum atomic E-state index is 0.663. The van der Waals surface area contributed by atoms with Crippen LogP contribution in [0.5, 0.6) is 0 Å². The van der Waals surface area contributed by atoms with Crippen molar-refractivity contribution in [1.29, 1.82) is 5.26 Å². The van der Waals surface area contributed by atoms with Gasteiger partial charge in [-0.25, -0.2) is 0 Å². The molecule has 0 aliphatic carbocycles. The molecule has 0 bridgehead atoms. The van der Waals surface area contributed by atoms with Crippen molar-refractivity contribution in [3.8, 4) is 6.07 Å². The summed E-state index contributed by atoms with van der Waals surface area (Å²) in [5, 5.41) is 12.0. The molecule has 1 saturated heterocycles. The van der Waals surface area contributed by atoms with Crippen molar-refractivity contribution in [2.45, 2.75) is 58.0 Å². The number of unbranched alkanes of at least 4 members (excludes halogenated alkanes) is 1. The molecule has 1 rings (SSSR count). The smallest absolute Gasteiger partial charge is 0.0621 e. The van der Waals surface area contributed by atoms with E-state index in [2.05, 4.69) is 25.2 Å². The van der Waals surface area contributed by atoms with E-state index in [0.717, 1.165) is 18.8 Å². The molecule has 0 spiro atoms. The van der Waals surface area contributed by atoms with E-state index in [0.29, 0.717) is 12.1 Å². The molecule has 0 amide bonds. The van der Waals surface area contributed by atoms with Crippen molar-refractivity contribution < 1.29 is 0 Å². The van der Waals surface area contributed by atoms with Gasteiger partial charge in [0.2, 0.25) is 0 Å². The first-order valence-electron chi connectivity index (χ1n) is 5.35. The molecule has 2 heteroatoms. The van der Waals surface area contributed by atoms with Gasteiger partial charge in [-0.2, -0.15) is 5.26 Å². The molecule has 1 heterocycles. The standard InChI is InChI=1S/C11H20N2/c1-9-7-11(5-3-4-6-12)8-10(2)13-9/h9-11,13H,3-5,7-8H2,1-2H3. The van der Waals surface area contributed by atoms with Gasteiger partial charge in [-0.05, 0) is 45.4 Å². The summed E-state index contributed by atoms with van der Waals surface area (Å²) in [6, 6.07) is 3.54. The number of nitrogens with zero attached hydrogens (tertiary/aromatic N) is 1. The maximum Gasteiger partial charge on any atom is 0.0621 e. The van der Waals surface area contributed by atoms with E-state index >= 15 is 0 Å². The molecule has 13 heavy (non-hydrogen) atoms. The predicted octanol–water partition coefficient (Wildman–Crippen LogP) is 2.46. The highest BCUT2D eigenvalue weighted by Crippen LogP contribution is 2.24. The van der Waals surface area contributed by atoms with Gasteiger partial charge in [0, 0.05) is 18.5 Å². The number of hydrogen-bond acceptors (Lipinski definition) is 2. The fourth-order valence-corrected chi connectivity index (χ4v) is 2.42. The van der Waals surface area contributed by atoms with E-state index < -0.39 is 0 Å². The molecule has 1 aliphatic heterocycles. The third-order valence-electron chi connectivity index (χ3n) is 2.84. The topological polar surface area (TPSA) is 35.8 Å². The molecule has 2 unspecified atom stereocenters. The summed E-state index contributed by atoms with van der Waals surface area (Å²) in [5.41, 5.74) is 0. The summed E-state index contributed by atoms with van der Waals surface area (Å²) in [6.45, 7) is 4.51. The van der Waals surface area contributed by atoms with Crippen LogP contribution in [-0.4, -0.2) is 12.1 Å². The number of rotatable bonds is 3. The molecule has 74 valence electrons. The number of piperidine rings is 1. The maximum atomic E-state index is 8.44. The second-order valence-corrected chi connectivity index (χ2v) is 4.36. The Bertz CT molecular complexity index is 173. The van der Waals surface area contributed by atoms with Crippen LogP contribution < -0.4 is 5.32 Å². The number of hydrogen-bond donors (Lipinski definition) is 1. The molecule has 0 saturated carbocycles. The fraction of sp³-hybridized carbons (Fsp3) is 0.909. The largest absolute Gasteiger partial charge is 0.312 e. The Morgan fingerprint density at radius 2 is 1.92 bits per heavy atom. The van der Waals surface area contributed by atoms with Crippen molar-refractivity contribution >= 4 is 0 Å². The summed E-state index contributed by atoms with van der Waals surface area (Å²) in [5.74, 6) is 0.847. The van der Waals surface area contributed by atoms with E-state index in [1.165, 1.54) is 19.3 Å². The second kappa shape index (κ2) is 5.24. The summed E-state index contributed by atoms with van der Waals surface area (Å²) in [4.78, 5) is 0. The van der Waals surface area contributed by atoms with Gasteiger partial charge in [0.1, 0.15) is 0 Å². The highest BCUT2D eigenvalue weighted by molar-refractivity contribution is 4.81. The van der Waals surface area contributed by atoms with Crippen molar-refractivity contribution in [3.63, 3.8) is 0 Å². The summed E-state index contributed by atoms with van der Waals surface area (Å²) < 4.78 is 0. The van der Waals surface area contributed by atoms with Crippen LogP contribution in [0.2, 0.25) is 0 Å². The van der Waals surface area contributed by atoms with Gasteiger partial charge in [-0.15, -0.1) is 0 Å². The highest BCUT2D eigenvalue weighted by Gasteiger charge is 2.22. The Morgan fingerprint density at radius 3 is 2.46 bits per heavy atom. The van der Waals surface area contributed by atoms with Crippen LogP contribution in [0, 0.1) is 17.2 Å². The summed E-state index contributed by atoms with van der Waals surface area (Å²) in [6.07, 6.45) is 5.63. The molecule has 1 aliphatic rings. The average molecular weight is 180 g/mol. The Labute approximate surface area is 81.3 Å². The first kappa shape index (κ1) is 10.5.